The van der Waals surface area contributed by atoms with Crippen LogP contribution < -0.4 is 9.47 Å². The van der Waals surface area contributed by atoms with Gasteiger partial charge in [0.05, 0.1) is 5.25 Å². The van der Waals surface area contributed by atoms with Crippen molar-refractivity contribution in [2.75, 3.05) is 13.2 Å². The predicted octanol–water partition coefficient (Wildman–Crippen LogP) is 5.40. The van der Waals surface area contributed by atoms with Crippen LogP contribution in [0.1, 0.15) is 48.1 Å². The van der Waals surface area contributed by atoms with Gasteiger partial charge in [0.15, 0.2) is 0 Å². The first-order chi connectivity index (χ1) is 15.2. The van der Waals surface area contributed by atoms with E-state index in [1.54, 1.807) is 0 Å². The van der Waals surface area contributed by atoms with E-state index in [4.69, 9.17) is 9.47 Å². The third kappa shape index (κ3) is 4.38. The molecule has 2 aliphatic heterocycles. The molecular weight excluding hydrogens is 422 g/mol. The Kier molecular flexibility index (Phi) is 6.26. The number of amides is 2. The van der Waals surface area contributed by atoms with Gasteiger partial charge in [0, 0.05) is 6.54 Å². The zero-order valence-corrected chi connectivity index (χ0v) is 20.3. The minimum atomic E-state index is -0.381. The fourth-order valence-corrected chi connectivity index (χ4v) is 5.52. The summed E-state index contributed by atoms with van der Waals surface area (Å²) in [7, 11) is 0. The van der Waals surface area contributed by atoms with Gasteiger partial charge in [-0.3, -0.25) is 14.5 Å². The van der Waals surface area contributed by atoms with Crippen molar-refractivity contribution in [1.82, 2.24) is 4.90 Å². The average Bonchev–Trinajstić information content (AvgIpc) is 3.03. The number of thioether (sulfide) groups is 1. The van der Waals surface area contributed by atoms with Crippen LogP contribution >= 0.6 is 11.8 Å². The molecule has 1 saturated heterocycles. The van der Waals surface area contributed by atoms with Crippen molar-refractivity contribution < 1.29 is 19.1 Å². The molecule has 2 unspecified atom stereocenters. The van der Waals surface area contributed by atoms with E-state index in [2.05, 4.69) is 33.8 Å². The van der Waals surface area contributed by atoms with Crippen molar-refractivity contribution in [3.05, 3.63) is 58.1 Å². The third-order valence-corrected chi connectivity index (χ3v) is 7.65. The van der Waals surface area contributed by atoms with Crippen LogP contribution in [0.5, 0.6) is 11.5 Å². The number of carbonyl (C=O) groups excluding carboxylic acids is 2. The number of ether oxygens (including phenoxy) is 2. The van der Waals surface area contributed by atoms with Gasteiger partial charge in [0.1, 0.15) is 23.7 Å². The summed E-state index contributed by atoms with van der Waals surface area (Å²) >= 11 is 1.12. The Labute approximate surface area is 194 Å². The molecule has 2 aromatic rings. The van der Waals surface area contributed by atoms with E-state index in [-0.39, 0.29) is 22.0 Å². The number of nitrogens with zero attached hydrogens (tertiary/aromatic N) is 1. The molecule has 0 spiro atoms. The van der Waals surface area contributed by atoms with Gasteiger partial charge in [-0.25, -0.2) is 0 Å². The largest absolute Gasteiger partial charge is 0.489 e. The molecule has 2 amide bonds. The van der Waals surface area contributed by atoms with Crippen LogP contribution in [0.3, 0.4) is 0 Å². The highest BCUT2D eigenvalue weighted by Crippen LogP contribution is 2.39. The summed E-state index contributed by atoms with van der Waals surface area (Å²) in [6, 6.07) is 10.0. The topological polar surface area (TPSA) is 55.8 Å². The molecule has 2 heterocycles. The van der Waals surface area contributed by atoms with Gasteiger partial charge in [-0.15, -0.1) is 0 Å². The minimum absolute atomic E-state index is 0.0914. The third-order valence-electron chi connectivity index (χ3n) is 6.58. The van der Waals surface area contributed by atoms with Gasteiger partial charge >= 0.3 is 0 Å². The first kappa shape index (κ1) is 22.7. The molecule has 0 radical (unpaired) electrons. The molecule has 0 N–H and O–H groups in total. The average molecular weight is 454 g/mol. The van der Waals surface area contributed by atoms with Gasteiger partial charge in [-0.05, 0) is 93.8 Å². The Bertz CT molecular complexity index is 1050. The first-order valence-corrected chi connectivity index (χ1v) is 12.1. The Morgan fingerprint density at radius 1 is 1.16 bits per heavy atom. The molecule has 5 nitrogen and oxygen atoms in total. The van der Waals surface area contributed by atoms with Crippen LogP contribution in [-0.2, 0) is 17.6 Å². The van der Waals surface area contributed by atoms with E-state index in [0.717, 1.165) is 41.7 Å². The van der Waals surface area contributed by atoms with Crippen molar-refractivity contribution in [2.45, 2.75) is 64.7 Å². The summed E-state index contributed by atoms with van der Waals surface area (Å²) in [6.45, 7) is 11.2. The van der Waals surface area contributed by atoms with Crippen LogP contribution in [0.25, 0.3) is 0 Å². The summed E-state index contributed by atoms with van der Waals surface area (Å²) in [5.41, 5.74) is 5.71. The molecule has 4 rings (SSSR count). The summed E-state index contributed by atoms with van der Waals surface area (Å²) < 4.78 is 12.6. The predicted molar refractivity (Wildman–Crippen MR) is 128 cm³/mol. The van der Waals surface area contributed by atoms with Crippen molar-refractivity contribution >= 4 is 22.9 Å². The fraction of sp³-hybridized carbons (Fsp3) is 0.462. The molecule has 0 bridgehead atoms. The lowest BCUT2D eigenvalue weighted by molar-refractivity contribution is -0.126. The van der Waals surface area contributed by atoms with Crippen molar-refractivity contribution in [3.8, 4) is 11.5 Å². The van der Waals surface area contributed by atoms with Crippen LogP contribution in [-0.4, -0.2) is 40.0 Å². The van der Waals surface area contributed by atoms with Crippen molar-refractivity contribution in [2.24, 2.45) is 0 Å². The van der Waals surface area contributed by atoms with E-state index >= 15 is 0 Å². The molecule has 32 heavy (non-hydrogen) atoms. The maximum atomic E-state index is 12.3. The van der Waals surface area contributed by atoms with Crippen LogP contribution in [0.2, 0.25) is 0 Å². The number of hydrogen-bond donors (Lipinski definition) is 0. The Morgan fingerprint density at radius 3 is 2.53 bits per heavy atom. The Morgan fingerprint density at radius 2 is 1.88 bits per heavy atom. The normalized spacial score (nSPS) is 22.7. The summed E-state index contributed by atoms with van der Waals surface area (Å²) in [4.78, 5) is 25.6. The van der Waals surface area contributed by atoms with Gasteiger partial charge in [0.2, 0.25) is 5.91 Å². The van der Waals surface area contributed by atoms with Gasteiger partial charge in [0.25, 0.3) is 5.24 Å². The fourth-order valence-electron chi connectivity index (χ4n) is 4.43. The van der Waals surface area contributed by atoms with Gasteiger partial charge in [-0.1, -0.05) is 30.0 Å². The maximum absolute atomic E-state index is 12.3. The standard InChI is InChI=1S/C26H31NO4S/c1-6-27-24(28)22(32-25(27)29)14-19-7-9-20(10-8-19)30-15-26(5)12-11-21-17(3)13-16(2)18(4)23(21)31-26/h7-10,13,22H,6,11-12,14-15H2,1-5H3. The number of hydrogen-bond acceptors (Lipinski definition) is 5. The molecule has 1 fully saturated rings. The molecule has 170 valence electrons. The van der Waals surface area contributed by atoms with Crippen molar-refractivity contribution in [1.29, 1.82) is 0 Å². The number of rotatable bonds is 6. The van der Waals surface area contributed by atoms with Gasteiger partial charge < -0.3 is 9.47 Å². The lowest BCUT2D eigenvalue weighted by atomic mass is 9.88. The lowest BCUT2D eigenvalue weighted by Crippen LogP contribution is -2.42. The molecule has 0 aromatic heterocycles. The van der Waals surface area contributed by atoms with Crippen LogP contribution in [0.4, 0.5) is 4.79 Å². The van der Waals surface area contributed by atoms with E-state index < -0.39 is 0 Å². The number of fused-ring (bicyclic) bond motifs is 1. The minimum Gasteiger partial charge on any atom is -0.489 e. The SMILES string of the molecule is CCN1C(=O)SC(Cc2ccc(OCC3(C)CCc4c(C)cc(C)c(C)c4O3)cc2)C1=O. The summed E-state index contributed by atoms with van der Waals surface area (Å²) in [5.74, 6) is 1.70. The van der Waals surface area contributed by atoms with E-state index in [1.165, 1.54) is 27.2 Å². The molecule has 2 aliphatic rings. The van der Waals surface area contributed by atoms with E-state index in [9.17, 15) is 9.59 Å². The molecule has 0 aliphatic carbocycles. The second-order valence-corrected chi connectivity index (χ2v) is 10.2. The first-order valence-electron chi connectivity index (χ1n) is 11.2. The molecule has 6 heteroatoms. The number of benzene rings is 2. The highest BCUT2D eigenvalue weighted by Gasteiger charge is 2.38. The zero-order valence-electron chi connectivity index (χ0n) is 19.5. The quantitative estimate of drug-likeness (QED) is 0.586. The molecule has 2 atom stereocenters. The van der Waals surface area contributed by atoms with Crippen LogP contribution in [0, 0.1) is 20.8 Å². The maximum Gasteiger partial charge on any atom is 0.289 e. The second-order valence-electron chi connectivity index (χ2n) is 9.09. The number of carbonyl (C=O) groups is 2. The molecular formula is C26H31NO4S. The Balaban J connectivity index is 1.38. The highest BCUT2D eigenvalue weighted by atomic mass is 32.2. The number of aryl methyl sites for hydroxylation is 2. The summed E-state index contributed by atoms with van der Waals surface area (Å²) in [6.07, 6.45) is 2.44. The van der Waals surface area contributed by atoms with Crippen LogP contribution in [0.15, 0.2) is 30.3 Å². The molecule has 2 aromatic carbocycles. The monoisotopic (exact) mass is 453 g/mol. The number of imide groups is 1. The van der Waals surface area contributed by atoms with E-state index in [1.807, 2.05) is 31.2 Å². The smallest absolute Gasteiger partial charge is 0.289 e. The van der Waals surface area contributed by atoms with Crippen molar-refractivity contribution in [3.63, 3.8) is 0 Å². The second kappa shape index (κ2) is 8.81. The lowest BCUT2D eigenvalue weighted by Gasteiger charge is -2.37. The summed E-state index contributed by atoms with van der Waals surface area (Å²) in [5, 5.41) is -0.482. The highest BCUT2D eigenvalue weighted by molar-refractivity contribution is 8.15. The Hall–Kier alpha value is -2.47. The van der Waals surface area contributed by atoms with E-state index in [0.29, 0.717) is 19.6 Å². The molecule has 0 saturated carbocycles. The van der Waals surface area contributed by atoms with Gasteiger partial charge in [-0.2, -0.15) is 0 Å². The zero-order chi connectivity index (χ0) is 23.0.